The van der Waals surface area contributed by atoms with Crippen molar-refractivity contribution in [2.45, 2.75) is 13.5 Å². The van der Waals surface area contributed by atoms with E-state index >= 15 is 0 Å². The molecule has 0 aliphatic carbocycles. The summed E-state index contributed by atoms with van der Waals surface area (Å²) in [6.07, 6.45) is 2.88. The van der Waals surface area contributed by atoms with Gasteiger partial charge in [-0.05, 0) is 12.5 Å². The van der Waals surface area contributed by atoms with Crippen LogP contribution in [0.3, 0.4) is 0 Å². The van der Waals surface area contributed by atoms with Gasteiger partial charge in [0.2, 0.25) is 5.91 Å². The topological polar surface area (TPSA) is 96.2 Å². The summed E-state index contributed by atoms with van der Waals surface area (Å²) >= 11 is 0. The Balaban J connectivity index is 1.79. The summed E-state index contributed by atoms with van der Waals surface area (Å²) in [4.78, 5) is 26.1. The minimum absolute atomic E-state index is 0.00478. The molecule has 0 bridgehead atoms. The van der Waals surface area contributed by atoms with Crippen LogP contribution in [-0.4, -0.2) is 46.2 Å². The van der Waals surface area contributed by atoms with Crippen molar-refractivity contribution in [3.63, 3.8) is 0 Å². The maximum Gasteiger partial charge on any atom is 0.356 e. The first-order valence-electron chi connectivity index (χ1n) is 6.00. The van der Waals surface area contributed by atoms with Gasteiger partial charge in [0, 0.05) is 37.9 Å². The minimum atomic E-state index is -1.05. The molecule has 0 spiro atoms. The van der Waals surface area contributed by atoms with Gasteiger partial charge in [-0.25, -0.2) is 9.78 Å². The zero-order chi connectivity index (χ0) is 13.8. The number of carbonyl (C=O) groups is 2. The average Bonchev–Trinajstić information content (AvgIpc) is 2.75. The average molecular weight is 264 g/mol. The lowest BCUT2D eigenvalue weighted by Crippen LogP contribution is -2.38. The van der Waals surface area contributed by atoms with Crippen LogP contribution in [0.5, 0.6) is 0 Å². The fourth-order valence-electron chi connectivity index (χ4n) is 1.70. The largest absolute Gasteiger partial charge is 0.476 e. The van der Waals surface area contributed by atoms with E-state index in [1.54, 1.807) is 4.57 Å². The minimum Gasteiger partial charge on any atom is -0.476 e. The lowest BCUT2D eigenvalue weighted by atomic mass is 10.0. The van der Waals surface area contributed by atoms with E-state index in [2.05, 4.69) is 15.6 Å². The molecule has 2 heterocycles. The second-order valence-electron chi connectivity index (χ2n) is 4.39. The predicted octanol–water partition coefficient (Wildman–Crippen LogP) is -0.383. The molecule has 1 aromatic heterocycles. The van der Waals surface area contributed by atoms with Crippen LogP contribution in [0.1, 0.15) is 17.4 Å². The Bertz CT molecular complexity index is 527. The third-order valence-electron chi connectivity index (χ3n) is 3.06. The van der Waals surface area contributed by atoms with E-state index in [0.29, 0.717) is 13.1 Å². The van der Waals surface area contributed by atoms with Crippen LogP contribution >= 0.6 is 0 Å². The van der Waals surface area contributed by atoms with E-state index in [4.69, 9.17) is 5.11 Å². The molecule has 0 radical (unpaired) electrons. The van der Waals surface area contributed by atoms with Gasteiger partial charge < -0.3 is 20.3 Å². The fourth-order valence-corrected chi connectivity index (χ4v) is 1.70. The number of carbonyl (C=O) groups excluding carboxylic acids is 1. The Hall–Kier alpha value is -2.15. The van der Waals surface area contributed by atoms with Gasteiger partial charge in [0.1, 0.15) is 0 Å². The fraction of sp³-hybridized carbons (Fsp3) is 0.417. The Morgan fingerprint density at radius 2 is 2.26 bits per heavy atom. The van der Waals surface area contributed by atoms with Crippen molar-refractivity contribution < 1.29 is 14.7 Å². The maximum atomic E-state index is 11.8. The molecule has 1 saturated heterocycles. The summed E-state index contributed by atoms with van der Waals surface area (Å²) in [6.45, 7) is 4.30. The van der Waals surface area contributed by atoms with Crippen LogP contribution in [0.15, 0.2) is 23.7 Å². The number of hydrogen-bond acceptors (Lipinski definition) is 4. The maximum absolute atomic E-state index is 11.8. The van der Waals surface area contributed by atoms with Crippen molar-refractivity contribution >= 4 is 11.9 Å². The van der Waals surface area contributed by atoms with Gasteiger partial charge in [0.05, 0.1) is 6.33 Å². The van der Waals surface area contributed by atoms with E-state index in [-0.39, 0.29) is 11.6 Å². The Labute approximate surface area is 110 Å². The van der Waals surface area contributed by atoms with Gasteiger partial charge in [-0.1, -0.05) is 0 Å². The quantitative estimate of drug-likeness (QED) is 0.630. The second-order valence-corrected chi connectivity index (χ2v) is 4.39. The molecule has 3 N–H and O–H groups in total. The molecule has 0 unspecified atom stereocenters. The standard InChI is InChI=1S/C12H16N4O3/c1-8(9-4-13-5-9)11(17)14-2-3-16-6-10(12(18)19)15-7-16/h6-7,13H,2-5H2,1H3,(H,14,17)(H,18,19). The number of hydrogen-bond donors (Lipinski definition) is 3. The van der Waals surface area contributed by atoms with Gasteiger partial charge in [0.15, 0.2) is 5.69 Å². The SMILES string of the molecule is CC(C(=O)NCCn1cnc(C(=O)O)c1)=C1CNC1. The Kier molecular flexibility index (Phi) is 3.96. The van der Waals surface area contributed by atoms with Crippen LogP contribution in [0, 0.1) is 0 Å². The molecule has 2 rings (SSSR count). The molecule has 7 nitrogen and oxygen atoms in total. The number of imidazole rings is 1. The van der Waals surface area contributed by atoms with Crippen LogP contribution in [0.4, 0.5) is 0 Å². The molecule has 1 aliphatic rings. The highest BCUT2D eigenvalue weighted by Crippen LogP contribution is 2.08. The van der Waals surface area contributed by atoms with E-state index in [9.17, 15) is 9.59 Å². The van der Waals surface area contributed by atoms with Gasteiger partial charge in [-0.3, -0.25) is 4.79 Å². The number of aromatic carboxylic acids is 1. The van der Waals surface area contributed by atoms with Gasteiger partial charge >= 0.3 is 5.97 Å². The van der Waals surface area contributed by atoms with Gasteiger partial charge in [-0.2, -0.15) is 0 Å². The first-order chi connectivity index (χ1) is 9.08. The van der Waals surface area contributed by atoms with Crippen molar-refractivity contribution in [3.05, 3.63) is 29.4 Å². The first-order valence-corrected chi connectivity index (χ1v) is 6.00. The number of aromatic nitrogens is 2. The van der Waals surface area contributed by atoms with Crippen molar-refractivity contribution in [1.29, 1.82) is 0 Å². The van der Waals surface area contributed by atoms with Crippen LogP contribution < -0.4 is 10.6 Å². The number of amides is 1. The van der Waals surface area contributed by atoms with Crippen molar-refractivity contribution in [2.24, 2.45) is 0 Å². The number of rotatable bonds is 5. The summed E-state index contributed by atoms with van der Waals surface area (Å²) in [6, 6.07) is 0. The van der Waals surface area contributed by atoms with Crippen LogP contribution in [0.2, 0.25) is 0 Å². The first kappa shape index (κ1) is 13.3. The lowest BCUT2D eigenvalue weighted by Gasteiger charge is -2.21. The van der Waals surface area contributed by atoms with Crippen LogP contribution in [0.25, 0.3) is 0 Å². The Morgan fingerprint density at radius 1 is 1.53 bits per heavy atom. The van der Waals surface area contributed by atoms with Crippen molar-refractivity contribution in [1.82, 2.24) is 20.2 Å². The number of nitrogens with zero attached hydrogens (tertiary/aromatic N) is 2. The zero-order valence-electron chi connectivity index (χ0n) is 10.6. The summed E-state index contributed by atoms with van der Waals surface area (Å²) in [5, 5.41) is 14.6. The molecule has 0 saturated carbocycles. The summed E-state index contributed by atoms with van der Waals surface area (Å²) in [7, 11) is 0. The molecule has 1 fully saturated rings. The van der Waals surface area contributed by atoms with E-state index in [1.807, 2.05) is 6.92 Å². The monoisotopic (exact) mass is 264 g/mol. The van der Waals surface area contributed by atoms with E-state index in [0.717, 1.165) is 24.2 Å². The predicted molar refractivity (Wildman–Crippen MR) is 67.8 cm³/mol. The molecular formula is C12H16N4O3. The van der Waals surface area contributed by atoms with Crippen LogP contribution in [-0.2, 0) is 11.3 Å². The van der Waals surface area contributed by atoms with Gasteiger partial charge in [0.25, 0.3) is 0 Å². The molecule has 0 aromatic carbocycles. The highest BCUT2D eigenvalue weighted by molar-refractivity contribution is 5.93. The summed E-state index contributed by atoms with van der Waals surface area (Å²) in [5.74, 6) is -1.13. The lowest BCUT2D eigenvalue weighted by molar-refractivity contribution is -0.117. The number of carboxylic acid groups (broad SMARTS) is 1. The molecule has 102 valence electrons. The highest BCUT2D eigenvalue weighted by atomic mass is 16.4. The number of nitrogens with one attached hydrogen (secondary N) is 2. The van der Waals surface area contributed by atoms with Gasteiger partial charge in [-0.15, -0.1) is 0 Å². The molecular weight excluding hydrogens is 248 g/mol. The summed E-state index contributed by atoms with van der Waals surface area (Å²) in [5.41, 5.74) is 1.90. The van der Waals surface area contributed by atoms with E-state index in [1.165, 1.54) is 12.5 Å². The molecule has 1 aliphatic heterocycles. The third-order valence-corrected chi connectivity index (χ3v) is 3.06. The molecule has 1 aromatic rings. The van der Waals surface area contributed by atoms with Crippen molar-refractivity contribution in [2.75, 3.05) is 19.6 Å². The zero-order valence-corrected chi connectivity index (χ0v) is 10.6. The Morgan fingerprint density at radius 3 is 2.79 bits per heavy atom. The molecule has 1 amide bonds. The third kappa shape index (κ3) is 3.19. The second kappa shape index (κ2) is 5.66. The summed E-state index contributed by atoms with van der Waals surface area (Å²) < 4.78 is 1.64. The molecule has 0 atom stereocenters. The van der Waals surface area contributed by atoms with E-state index < -0.39 is 5.97 Å². The molecule has 7 heteroatoms. The van der Waals surface area contributed by atoms with Crippen molar-refractivity contribution in [3.8, 4) is 0 Å². The highest BCUT2D eigenvalue weighted by Gasteiger charge is 2.15. The number of carboxylic acids is 1. The molecule has 19 heavy (non-hydrogen) atoms. The normalized spacial score (nSPS) is 13.8. The smallest absolute Gasteiger partial charge is 0.356 e.